The highest BCUT2D eigenvalue weighted by atomic mass is 32.2. The number of rotatable bonds is 22. The Kier molecular flexibility index (Phi) is 16.5. The number of hydrogen-bond donors (Lipinski definition) is 2. The quantitative estimate of drug-likeness (QED) is 0.0602. The number of carbonyl (C=O) groups excluding carboxylic acids is 2. The Bertz CT molecular complexity index is 1660. The molecule has 0 radical (unpaired) electrons. The second-order valence-corrected chi connectivity index (χ2v) is 14.5. The number of fused-ring (bicyclic) bond motifs is 1. The molecule has 1 atom stereocenters. The van der Waals surface area contributed by atoms with Crippen LogP contribution in [0.2, 0.25) is 0 Å². The normalized spacial score (nSPS) is 14.6. The summed E-state index contributed by atoms with van der Waals surface area (Å²) in [7, 11) is 2.75. The summed E-state index contributed by atoms with van der Waals surface area (Å²) >= 11 is 1.49. The van der Waals surface area contributed by atoms with E-state index in [-0.39, 0.29) is 0 Å². The summed E-state index contributed by atoms with van der Waals surface area (Å²) in [5.41, 5.74) is 6.92. The second-order valence-electron chi connectivity index (χ2n) is 13.6. The molecule has 2 N–H and O–H groups in total. The van der Waals surface area contributed by atoms with Gasteiger partial charge in [-0.05, 0) is 62.9 Å². The van der Waals surface area contributed by atoms with E-state index in [0.717, 1.165) is 52.1 Å². The third-order valence-electron chi connectivity index (χ3n) is 9.72. The van der Waals surface area contributed by atoms with Crippen LogP contribution in [0.1, 0.15) is 127 Å². The number of aromatic amines is 1. The Hall–Kier alpha value is -3.72. The molecule has 0 fully saturated rings. The van der Waals surface area contributed by atoms with Gasteiger partial charge >= 0.3 is 11.9 Å². The molecule has 9 heteroatoms. The summed E-state index contributed by atoms with van der Waals surface area (Å²) in [5, 5.41) is 4.12. The lowest BCUT2D eigenvalue weighted by Crippen LogP contribution is -2.34. The van der Waals surface area contributed by atoms with Crippen molar-refractivity contribution in [3.8, 4) is 5.75 Å². The molecule has 2 heterocycles. The molecule has 1 unspecified atom stereocenters. The van der Waals surface area contributed by atoms with E-state index in [1.807, 2.05) is 45.0 Å². The van der Waals surface area contributed by atoms with Crippen molar-refractivity contribution < 1.29 is 23.8 Å². The molecule has 0 amide bonds. The molecule has 0 saturated heterocycles. The first-order chi connectivity index (χ1) is 24.8. The van der Waals surface area contributed by atoms with Crippen molar-refractivity contribution in [1.29, 1.82) is 0 Å². The lowest BCUT2D eigenvalue weighted by atomic mass is 9.77. The van der Waals surface area contributed by atoms with E-state index >= 15 is 0 Å². The van der Waals surface area contributed by atoms with Gasteiger partial charge in [0.2, 0.25) is 0 Å². The maximum atomic E-state index is 13.8. The van der Waals surface area contributed by atoms with Crippen molar-refractivity contribution in [3.63, 3.8) is 0 Å². The minimum absolute atomic E-state index is 0.377. The molecular formula is C42H59N3O5S. The van der Waals surface area contributed by atoms with Crippen LogP contribution in [-0.2, 0) is 25.5 Å². The van der Waals surface area contributed by atoms with Crippen LogP contribution in [0.3, 0.4) is 0 Å². The summed E-state index contributed by atoms with van der Waals surface area (Å²) in [6, 6.07) is 12.1. The molecule has 1 aliphatic heterocycles. The van der Waals surface area contributed by atoms with Crippen LogP contribution in [0.5, 0.6) is 5.75 Å². The number of aryl methyl sites for hydroxylation is 2. The predicted molar refractivity (Wildman–Crippen MR) is 208 cm³/mol. The van der Waals surface area contributed by atoms with Gasteiger partial charge < -0.3 is 24.5 Å². The van der Waals surface area contributed by atoms with Crippen molar-refractivity contribution in [2.45, 2.75) is 129 Å². The number of esters is 2. The maximum Gasteiger partial charge on any atom is 0.336 e. The standard InChI is InChI=1S/C42H59N3O5S/c1-7-9-10-11-12-13-14-15-16-17-18-19-20-22-31-23-21-24-35(50-8-2)37(31)39-36(40(46)48-5)30(4)43-34(38(39)41(47)49-6)28-51-42-44-32-26-25-29(3)27-33(32)45-42/h21,23-27,39,43H,7-20,22,28H2,1-6H3,(H,44,45). The van der Waals surface area contributed by atoms with Gasteiger partial charge in [-0.2, -0.15) is 0 Å². The summed E-state index contributed by atoms with van der Waals surface area (Å²) in [5.74, 6) is -0.678. The molecule has 51 heavy (non-hydrogen) atoms. The Morgan fingerprint density at radius 1 is 0.804 bits per heavy atom. The average Bonchev–Trinajstić information content (AvgIpc) is 3.54. The van der Waals surface area contributed by atoms with Crippen molar-refractivity contribution in [2.75, 3.05) is 26.6 Å². The van der Waals surface area contributed by atoms with Crippen molar-refractivity contribution >= 4 is 34.7 Å². The third-order valence-corrected chi connectivity index (χ3v) is 10.6. The zero-order valence-corrected chi connectivity index (χ0v) is 32.6. The number of nitrogens with zero attached hydrogens (tertiary/aromatic N) is 1. The molecule has 0 bridgehead atoms. The summed E-state index contributed by atoms with van der Waals surface area (Å²) in [6.45, 7) is 8.57. The number of H-pyrrole nitrogens is 1. The van der Waals surface area contributed by atoms with E-state index in [9.17, 15) is 9.59 Å². The van der Waals surface area contributed by atoms with Crippen LogP contribution in [0.4, 0.5) is 0 Å². The van der Waals surface area contributed by atoms with E-state index in [1.165, 1.54) is 96.6 Å². The van der Waals surface area contributed by atoms with Crippen molar-refractivity contribution in [2.24, 2.45) is 0 Å². The number of imidazole rings is 1. The molecule has 0 aliphatic carbocycles. The van der Waals surface area contributed by atoms with Gasteiger partial charge in [-0.15, -0.1) is 0 Å². The number of ether oxygens (including phenoxy) is 3. The Morgan fingerprint density at radius 3 is 2.06 bits per heavy atom. The minimum Gasteiger partial charge on any atom is -0.494 e. The zero-order chi connectivity index (χ0) is 36.6. The molecule has 1 aliphatic rings. The number of unbranched alkanes of at least 4 members (excludes halogenated alkanes) is 12. The van der Waals surface area contributed by atoms with Crippen molar-refractivity contribution in [3.05, 3.63) is 75.6 Å². The summed E-state index contributed by atoms with van der Waals surface area (Å²) < 4.78 is 17.0. The van der Waals surface area contributed by atoms with Crippen LogP contribution in [0.25, 0.3) is 11.0 Å². The number of thioether (sulfide) groups is 1. The molecule has 278 valence electrons. The summed E-state index contributed by atoms with van der Waals surface area (Å²) in [6.07, 6.45) is 17.5. The lowest BCUT2D eigenvalue weighted by molar-refractivity contribution is -0.137. The maximum absolute atomic E-state index is 13.8. The number of nitrogens with one attached hydrogen (secondary N) is 2. The molecule has 8 nitrogen and oxygen atoms in total. The van der Waals surface area contributed by atoms with Crippen LogP contribution in [0.15, 0.2) is 64.1 Å². The van der Waals surface area contributed by atoms with E-state index in [1.54, 1.807) is 0 Å². The highest BCUT2D eigenvalue weighted by Gasteiger charge is 2.41. The largest absolute Gasteiger partial charge is 0.494 e. The number of methoxy groups -OCH3 is 2. The molecular weight excluding hydrogens is 659 g/mol. The van der Waals surface area contributed by atoms with Crippen molar-refractivity contribution in [1.82, 2.24) is 15.3 Å². The van der Waals surface area contributed by atoms with Gasteiger partial charge in [-0.3, -0.25) is 0 Å². The topological polar surface area (TPSA) is 103 Å². The van der Waals surface area contributed by atoms with E-state index < -0.39 is 17.9 Å². The monoisotopic (exact) mass is 717 g/mol. The fourth-order valence-corrected chi connectivity index (χ4v) is 7.94. The van der Waals surface area contributed by atoms with Gasteiger partial charge in [0, 0.05) is 22.7 Å². The van der Waals surface area contributed by atoms with Crippen LogP contribution < -0.4 is 10.1 Å². The van der Waals surface area contributed by atoms with E-state index in [4.69, 9.17) is 19.2 Å². The molecule has 4 rings (SSSR count). The highest BCUT2D eigenvalue weighted by molar-refractivity contribution is 7.99. The molecule has 2 aromatic carbocycles. The number of dihydropyridines is 1. The fraction of sp³-hybridized carbons (Fsp3) is 0.548. The molecule has 0 saturated carbocycles. The number of hydrogen-bond acceptors (Lipinski definition) is 8. The smallest absolute Gasteiger partial charge is 0.336 e. The number of carbonyl (C=O) groups is 2. The Labute approximate surface area is 309 Å². The molecule has 0 spiro atoms. The SMILES string of the molecule is CCCCCCCCCCCCCCCc1cccc(OCC)c1C1C(C(=O)OC)=C(C)NC(CSc2nc3ccc(C)cc3[nH]2)=C1C(=O)OC. The van der Waals surface area contributed by atoms with Gasteiger partial charge in [0.15, 0.2) is 5.16 Å². The van der Waals surface area contributed by atoms with Crippen LogP contribution >= 0.6 is 11.8 Å². The third kappa shape index (κ3) is 11.1. The van der Waals surface area contributed by atoms with Gasteiger partial charge in [0.05, 0.1) is 48.9 Å². The average molecular weight is 718 g/mol. The van der Waals surface area contributed by atoms with E-state index in [0.29, 0.717) is 40.6 Å². The van der Waals surface area contributed by atoms with Crippen LogP contribution in [0, 0.1) is 6.92 Å². The first kappa shape index (κ1) is 40.1. The second kappa shape index (κ2) is 21.0. The van der Waals surface area contributed by atoms with Gasteiger partial charge in [-0.1, -0.05) is 114 Å². The predicted octanol–water partition coefficient (Wildman–Crippen LogP) is 10.3. The first-order valence-corrected chi connectivity index (χ1v) is 20.0. The number of benzene rings is 2. The van der Waals surface area contributed by atoms with Crippen LogP contribution in [-0.4, -0.2) is 48.5 Å². The van der Waals surface area contributed by atoms with Gasteiger partial charge in [0.25, 0.3) is 0 Å². The first-order valence-electron chi connectivity index (χ1n) is 19.0. The van der Waals surface area contributed by atoms with E-state index in [2.05, 4.69) is 29.4 Å². The van der Waals surface area contributed by atoms with Gasteiger partial charge in [-0.25, -0.2) is 14.6 Å². The number of allylic oxidation sites excluding steroid dienone is 1. The molecule has 3 aromatic rings. The Balaban J connectivity index is 1.56. The highest BCUT2D eigenvalue weighted by Crippen LogP contribution is 2.45. The summed E-state index contributed by atoms with van der Waals surface area (Å²) in [4.78, 5) is 35.5. The van der Waals surface area contributed by atoms with Gasteiger partial charge in [0.1, 0.15) is 5.75 Å². The molecule has 1 aromatic heterocycles. The minimum atomic E-state index is -0.736. The lowest BCUT2D eigenvalue weighted by Gasteiger charge is -2.33. The fourth-order valence-electron chi connectivity index (χ4n) is 7.09. The Morgan fingerprint density at radius 2 is 1.43 bits per heavy atom. The number of aromatic nitrogens is 2. The zero-order valence-electron chi connectivity index (χ0n) is 31.8.